The van der Waals surface area contributed by atoms with E-state index in [9.17, 15) is 0 Å². The second-order valence-corrected chi connectivity index (χ2v) is 5.31. The zero-order valence-corrected chi connectivity index (χ0v) is 13.0. The molecule has 2 heterocycles. The van der Waals surface area contributed by atoms with E-state index < -0.39 is 0 Å². The summed E-state index contributed by atoms with van der Waals surface area (Å²) in [5, 5.41) is 11.0. The summed E-state index contributed by atoms with van der Waals surface area (Å²) >= 11 is 12.1. The van der Waals surface area contributed by atoms with E-state index in [1.807, 2.05) is 6.92 Å². The highest BCUT2D eigenvalue weighted by atomic mass is 35.5. The van der Waals surface area contributed by atoms with Gasteiger partial charge in [-0.2, -0.15) is 4.98 Å². The fourth-order valence-corrected chi connectivity index (χ4v) is 2.10. The number of hydrogen-bond donors (Lipinski definition) is 2. The molecule has 2 N–H and O–H groups in total. The summed E-state index contributed by atoms with van der Waals surface area (Å²) in [6.45, 7) is 1.81. The van der Waals surface area contributed by atoms with Crippen molar-refractivity contribution in [2.75, 3.05) is 10.6 Å². The van der Waals surface area contributed by atoms with Gasteiger partial charge in [0.25, 0.3) is 0 Å². The van der Waals surface area contributed by atoms with Gasteiger partial charge in [-0.25, -0.2) is 4.98 Å². The summed E-state index contributed by atoms with van der Waals surface area (Å²) in [4.78, 5) is 8.47. The van der Waals surface area contributed by atoms with Crippen LogP contribution >= 0.6 is 23.2 Å². The van der Waals surface area contributed by atoms with Crippen LogP contribution in [-0.2, 0) is 0 Å². The molecule has 0 unspecified atom stereocenters. The van der Waals surface area contributed by atoms with Crippen LogP contribution in [0.3, 0.4) is 0 Å². The molecule has 0 radical (unpaired) electrons. The summed E-state index contributed by atoms with van der Waals surface area (Å²) in [7, 11) is 0. The van der Waals surface area contributed by atoms with Crippen LogP contribution in [-0.4, -0.2) is 15.1 Å². The molecule has 0 saturated heterocycles. The molecule has 3 aromatic rings. The molecular weight excluding hydrogens is 325 g/mol. The molecular formula is C14H11Cl2N5O. The molecule has 0 aliphatic heterocycles. The Kier molecular flexibility index (Phi) is 4.13. The second kappa shape index (κ2) is 6.21. The molecule has 112 valence electrons. The Morgan fingerprint density at radius 3 is 2.68 bits per heavy atom. The fourth-order valence-electron chi connectivity index (χ4n) is 1.76. The minimum Gasteiger partial charge on any atom is -0.360 e. The van der Waals surface area contributed by atoms with E-state index in [1.165, 1.54) is 0 Å². The van der Waals surface area contributed by atoms with Crippen molar-refractivity contribution >= 4 is 46.5 Å². The SMILES string of the molecule is Cc1cc(Nc2ccnc(Nc3cc(Cl)ccc3Cl)n2)no1. The number of rotatable bonds is 4. The number of aryl methyl sites for hydroxylation is 1. The average molecular weight is 336 g/mol. The van der Waals surface area contributed by atoms with E-state index in [0.29, 0.717) is 39.1 Å². The van der Waals surface area contributed by atoms with Crippen LogP contribution in [0.1, 0.15) is 5.76 Å². The van der Waals surface area contributed by atoms with Gasteiger partial charge in [0.2, 0.25) is 5.95 Å². The maximum absolute atomic E-state index is 6.10. The predicted octanol–water partition coefficient (Wildman–Crippen LogP) is 4.57. The van der Waals surface area contributed by atoms with Crippen LogP contribution in [0.4, 0.5) is 23.3 Å². The van der Waals surface area contributed by atoms with Gasteiger partial charge < -0.3 is 15.2 Å². The van der Waals surface area contributed by atoms with Crippen molar-refractivity contribution in [1.82, 2.24) is 15.1 Å². The van der Waals surface area contributed by atoms with Gasteiger partial charge in [-0.1, -0.05) is 28.4 Å². The van der Waals surface area contributed by atoms with E-state index in [2.05, 4.69) is 25.8 Å². The lowest BCUT2D eigenvalue weighted by molar-refractivity contribution is 0.400. The van der Waals surface area contributed by atoms with Crippen molar-refractivity contribution in [2.24, 2.45) is 0 Å². The molecule has 0 saturated carbocycles. The molecule has 0 atom stereocenters. The summed E-state index contributed by atoms with van der Waals surface area (Å²) in [6, 6.07) is 8.60. The first-order chi connectivity index (χ1) is 10.6. The number of aromatic nitrogens is 3. The molecule has 6 nitrogen and oxygen atoms in total. The van der Waals surface area contributed by atoms with Gasteiger partial charge in [0.05, 0.1) is 10.7 Å². The van der Waals surface area contributed by atoms with Crippen LogP contribution in [0, 0.1) is 6.92 Å². The van der Waals surface area contributed by atoms with E-state index in [0.717, 1.165) is 0 Å². The molecule has 0 spiro atoms. The zero-order chi connectivity index (χ0) is 15.5. The minimum absolute atomic E-state index is 0.384. The van der Waals surface area contributed by atoms with Crippen LogP contribution in [0.15, 0.2) is 41.1 Å². The lowest BCUT2D eigenvalue weighted by Gasteiger charge is -2.08. The molecule has 0 bridgehead atoms. The Hall–Kier alpha value is -2.31. The average Bonchev–Trinajstić information content (AvgIpc) is 2.88. The predicted molar refractivity (Wildman–Crippen MR) is 86.3 cm³/mol. The van der Waals surface area contributed by atoms with Crippen LogP contribution in [0.25, 0.3) is 0 Å². The summed E-state index contributed by atoms with van der Waals surface area (Å²) in [5.41, 5.74) is 0.628. The third-order valence-corrected chi connectivity index (χ3v) is 3.28. The lowest BCUT2D eigenvalue weighted by atomic mass is 10.3. The van der Waals surface area contributed by atoms with Crippen molar-refractivity contribution < 1.29 is 4.52 Å². The first-order valence-corrected chi connectivity index (χ1v) is 7.11. The quantitative estimate of drug-likeness (QED) is 0.727. The van der Waals surface area contributed by atoms with Crippen molar-refractivity contribution in [3.63, 3.8) is 0 Å². The molecule has 3 rings (SSSR count). The largest absolute Gasteiger partial charge is 0.360 e. The van der Waals surface area contributed by atoms with Crippen molar-refractivity contribution in [1.29, 1.82) is 0 Å². The molecule has 0 aliphatic carbocycles. The monoisotopic (exact) mass is 335 g/mol. The van der Waals surface area contributed by atoms with Gasteiger partial charge in [0.15, 0.2) is 5.82 Å². The topological polar surface area (TPSA) is 75.9 Å². The summed E-state index contributed by atoms with van der Waals surface area (Å²) in [6.07, 6.45) is 1.61. The Labute approximate surface area is 136 Å². The standard InChI is InChI=1S/C14H11Cl2N5O/c1-8-6-13(21-22-8)19-12-4-5-17-14(20-12)18-11-7-9(15)2-3-10(11)16/h2-7H,1H3,(H2,17,18,19,20,21). The molecule has 22 heavy (non-hydrogen) atoms. The number of hydrogen-bond acceptors (Lipinski definition) is 6. The lowest BCUT2D eigenvalue weighted by Crippen LogP contribution is -2.00. The number of nitrogens with one attached hydrogen (secondary N) is 2. The third-order valence-electron chi connectivity index (χ3n) is 2.71. The second-order valence-electron chi connectivity index (χ2n) is 4.46. The maximum Gasteiger partial charge on any atom is 0.229 e. The van der Waals surface area contributed by atoms with E-state index in [-0.39, 0.29) is 0 Å². The first-order valence-electron chi connectivity index (χ1n) is 6.35. The number of nitrogens with zero attached hydrogens (tertiary/aromatic N) is 3. The maximum atomic E-state index is 6.10. The van der Waals surface area contributed by atoms with Gasteiger partial charge in [0.1, 0.15) is 11.6 Å². The van der Waals surface area contributed by atoms with Crippen LogP contribution in [0.2, 0.25) is 10.0 Å². The summed E-state index contributed by atoms with van der Waals surface area (Å²) < 4.78 is 4.99. The van der Waals surface area contributed by atoms with Gasteiger partial charge in [-0.05, 0) is 31.2 Å². The first kappa shape index (κ1) is 14.6. The van der Waals surface area contributed by atoms with Crippen molar-refractivity contribution in [3.8, 4) is 0 Å². The van der Waals surface area contributed by atoms with Crippen LogP contribution in [0.5, 0.6) is 0 Å². The van der Waals surface area contributed by atoms with Crippen molar-refractivity contribution in [2.45, 2.75) is 6.92 Å². The molecule has 8 heteroatoms. The molecule has 0 amide bonds. The fraction of sp³-hybridized carbons (Fsp3) is 0.0714. The number of halogens is 2. The number of benzene rings is 1. The molecule has 1 aromatic carbocycles. The van der Waals surface area contributed by atoms with E-state index >= 15 is 0 Å². The van der Waals surface area contributed by atoms with Crippen LogP contribution < -0.4 is 10.6 Å². The number of anilines is 4. The molecule has 0 aliphatic rings. The van der Waals surface area contributed by atoms with Gasteiger partial charge in [-0.3, -0.25) is 0 Å². The third kappa shape index (κ3) is 3.47. The minimum atomic E-state index is 0.384. The Bertz CT molecular complexity index is 805. The Morgan fingerprint density at radius 2 is 1.91 bits per heavy atom. The van der Waals surface area contributed by atoms with Crippen molar-refractivity contribution in [3.05, 3.63) is 52.3 Å². The van der Waals surface area contributed by atoms with E-state index in [1.54, 1.807) is 36.5 Å². The molecule has 0 fully saturated rings. The zero-order valence-electron chi connectivity index (χ0n) is 11.5. The normalized spacial score (nSPS) is 10.5. The molecule has 2 aromatic heterocycles. The Morgan fingerprint density at radius 1 is 1.05 bits per heavy atom. The highest BCUT2D eigenvalue weighted by Gasteiger charge is 2.06. The smallest absolute Gasteiger partial charge is 0.229 e. The summed E-state index contributed by atoms with van der Waals surface area (Å²) in [5.74, 6) is 2.24. The highest BCUT2D eigenvalue weighted by Crippen LogP contribution is 2.27. The Balaban J connectivity index is 1.80. The highest BCUT2D eigenvalue weighted by molar-refractivity contribution is 6.35. The van der Waals surface area contributed by atoms with Gasteiger partial charge in [0, 0.05) is 17.3 Å². The van der Waals surface area contributed by atoms with E-state index in [4.69, 9.17) is 27.7 Å². The van der Waals surface area contributed by atoms with Gasteiger partial charge in [-0.15, -0.1) is 0 Å². The van der Waals surface area contributed by atoms with Gasteiger partial charge >= 0.3 is 0 Å².